The molecule has 1 saturated heterocycles. The number of carbonyl (C=O) groups is 1. The Morgan fingerprint density at radius 3 is 2.58 bits per heavy atom. The fraction of sp³-hybridized carbons (Fsp3) is 0.650. The van der Waals surface area contributed by atoms with Crippen molar-refractivity contribution in [2.45, 2.75) is 39.2 Å². The molecule has 0 aromatic heterocycles. The summed E-state index contributed by atoms with van der Waals surface area (Å²) in [5, 5.41) is 0. The maximum atomic E-state index is 12.8. The molecule has 2 rings (SSSR count). The molecule has 0 radical (unpaired) electrons. The molecule has 4 heteroatoms. The first kappa shape index (κ1) is 18.9. The van der Waals surface area contributed by atoms with Crippen molar-refractivity contribution in [3.63, 3.8) is 0 Å². The summed E-state index contributed by atoms with van der Waals surface area (Å²) in [6.07, 6.45) is 3.46. The highest BCUT2D eigenvalue weighted by Gasteiger charge is 2.26. The van der Waals surface area contributed by atoms with Gasteiger partial charge in [0.15, 0.2) is 0 Å². The summed E-state index contributed by atoms with van der Waals surface area (Å²) in [5.41, 5.74) is 3.26. The highest BCUT2D eigenvalue weighted by Crippen LogP contribution is 2.19. The molecule has 1 aromatic carbocycles. The fourth-order valence-electron chi connectivity index (χ4n) is 3.37. The van der Waals surface area contributed by atoms with Crippen LogP contribution >= 0.6 is 0 Å². The number of likely N-dealkylation sites (N-methyl/N-ethyl adjacent to an activating group) is 1. The average Bonchev–Trinajstić information content (AvgIpc) is 2.56. The van der Waals surface area contributed by atoms with E-state index in [1.54, 1.807) is 0 Å². The minimum Gasteiger partial charge on any atom is -0.337 e. The van der Waals surface area contributed by atoms with E-state index in [1.165, 1.54) is 24.0 Å². The molecule has 24 heavy (non-hydrogen) atoms. The van der Waals surface area contributed by atoms with E-state index in [0.717, 1.165) is 38.2 Å². The molecule has 0 unspecified atom stereocenters. The predicted molar refractivity (Wildman–Crippen MR) is 101 cm³/mol. The zero-order valence-corrected chi connectivity index (χ0v) is 16.0. The third-order valence-corrected chi connectivity index (χ3v) is 5.18. The van der Waals surface area contributed by atoms with Crippen molar-refractivity contribution in [3.8, 4) is 0 Å². The molecular formula is C20H33N3O. The smallest absolute Gasteiger partial charge is 0.253 e. The van der Waals surface area contributed by atoms with Gasteiger partial charge in [-0.15, -0.1) is 0 Å². The van der Waals surface area contributed by atoms with Crippen LogP contribution in [-0.2, 0) is 0 Å². The number of hydrogen-bond acceptors (Lipinski definition) is 3. The Hall–Kier alpha value is -1.39. The first-order valence-electron chi connectivity index (χ1n) is 9.10. The van der Waals surface area contributed by atoms with Gasteiger partial charge in [-0.05, 0) is 90.6 Å². The van der Waals surface area contributed by atoms with Crippen molar-refractivity contribution >= 4 is 5.91 Å². The SMILES string of the molecule is Cc1ccc(C(=O)N2CCC[C@@H](N(C)CCCN(C)C)C2)cc1C. The molecule has 0 aliphatic carbocycles. The zero-order valence-electron chi connectivity index (χ0n) is 16.0. The van der Waals surface area contributed by atoms with E-state index in [4.69, 9.17) is 0 Å². The van der Waals surface area contributed by atoms with Crippen molar-refractivity contribution in [1.29, 1.82) is 0 Å². The van der Waals surface area contributed by atoms with E-state index in [0.29, 0.717) is 6.04 Å². The maximum absolute atomic E-state index is 12.8. The molecule has 1 amide bonds. The summed E-state index contributed by atoms with van der Waals surface area (Å²) < 4.78 is 0. The van der Waals surface area contributed by atoms with Crippen LogP contribution in [0.1, 0.15) is 40.7 Å². The van der Waals surface area contributed by atoms with Crippen LogP contribution in [-0.4, -0.2) is 74.0 Å². The average molecular weight is 332 g/mol. The number of benzene rings is 1. The van der Waals surface area contributed by atoms with Gasteiger partial charge in [-0.1, -0.05) is 6.07 Å². The van der Waals surface area contributed by atoms with Crippen LogP contribution in [0.2, 0.25) is 0 Å². The number of rotatable bonds is 6. The number of nitrogens with zero attached hydrogens (tertiary/aromatic N) is 3. The van der Waals surface area contributed by atoms with Gasteiger partial charge in [-0.2, -0.15) is 0 Å². The number of carbonyl (C=O) groups excluding carboxylic acids is 1. The molecular weight excluding hydrogens is 298 g/mol. The van der Waals surface area contributed by atoms with Crippen molar-refractivity contribution in [3.05, 3.63) is 34.9 Å². The molecule has 1 heterocycles. The number of piperidine rings is 1. The van der Waals surface area contributed by atoms with E-state index < -0.39 is 0 Å². The standard InChI is InChI=1S/C20H33N3O/c1-16-9-10-18(14-17(16)2)20(24)23-13-6-8-19(15-23)22(5)12-7-11-21(3)4/h9-10,14,19H,6-8,11-13,15H2,1-5H3/t19-/m1/s1. The predicted octanol–water partition coefficient (Wildman–Crippen LogP) is 2.79. The van der Waals surface area contributed by atoms with Crippen LogP contribution in [0.4, 0.5) is 0 Å². The van der Waals surface area contributed by atoms with Gasteiger partial charge >= 0.3 is 0 Å². The van der Waals surface area contributed by atoms with Gasteiger partial charge in [0.05, 0.1) is 0 Å². The molecule has 1 aromatic rings. The third kappa shape index (κ3) is 5.05. The number of amides is 1. The summed E-state index contributed by atoms with van der Waals surface area (Å²) in [7, 11) is 6.43. The van der Waals surface area contributed by atoms with Gasteiger partial charge in [-0.3, -0.25) is 4.79 Å². The zero-order chi connectivity index (χ0) is 17.7. The first-order valence-corrected chi connectivity index (χ1v) is 9.10. The Morgan fingerprint density at radius 1 is 1.17 bits per heavy atom. The van der Waals surface area contributed by atoms with Crippen LogP contribution < -0.4 is 0 Å². The minimum atomic E-state index is 0.185. The summed E-state index contributed by atoms with van der Waals surface area (Å²) in [5.74, 6) is 0.185. The van der Waals surface area contributed by atoms with Crippen LogP contribution in [0.15, 0.2) is 18.2 Å². The van der Waals surface area contributed by atoms with Gasteiger partial charge in [0, 0.05) is 24.7 Å². The Bertz CT molecular complexity index is 556. The van der Waals surface area contributed by atoms with E-state index in [-0.39, 0.29) is 5.91 Å². The van der Waals surface area contributed by atoms with Crippen LogP contribution in [0.25, 0.3) is 0 Å². The Labute approximate surface area is 147 Å². The molecule has 134 valence electrons. The molecule has 0 saturated carbocycles. The Balaban J connectivity index is 1.94. The second-order valence-corrected chi connectivity index (χ2v) is 7.48. The number of hydrogen-bond donors (Lipinski definition) is 0. The van der Waals surface area contributed by atoms with Gasteiger partial charge in [-0.25, -0.2) is 0 Å². The van der Waals surface area contributed by atoms with Gasteiger partial charge < -0.3 is 14.7 Å². The molecule has 1 fully saturated rings. The molecule has 1 atom stereocenters. The molecule has 1 aliphatic heterocycles. The minimum absolute atomic E-state index is 0.185. The lowest BCUT2D eigenvalue weighted by Crippen LogP contribution is -2.49. The van der Waals surface area contributed by atoms with E-state index in [2.05, 4.69) is 50.9 Å². The second-order valence-electron chi connectivity index (χ2n) is 7.48. The summed E-state index contributed by atoms with van der Waals surface area (Å²) in [6, 6.07) is 6.53. The Morgan fingerprint density at radius 2 is 1.92 bits per heavy atom. The van der Waals surface area contributed by atoms with E-state index in [1.807, 2.05) is 17.0 Å². The first-order chi connectivity index (χ1) is 11.4. The lowest BCUT2D eigenvalue weighted by molar-refractivity contribution is 0.0607. The molecule has 0 spiro atoms. The monoisotopic (exact) mass is 331 g/mol. The topological polar surface area (TPSA) is 26.8 Å². The normalized spacial score (nSPS) is 18.5. The lowest BCUT2D eigenvalue weighted by Gasteiger charge is -2.38. The van der Waals surface area contributed by atoms with Crippen molar-refractivity contribution in [2.24, 2.45) is 0 Å². The molecule has 0 bridgehead atoms. The second kappa shape index (κ2) is 8.63. The summed E-state index contributed by atoms with van der Waals surface area (Å²) in [6.45, 7) is 8.10. The van der Waals surface area contributed by atoms with Gasteiger partial charge in [0.2, 0.25) is 0 Å². The van der Waals surface area contributed by atoms with Crippen LogP contribution in [0.5, 0.6) is 0 Å². The number of aryl methyl sites for hydroxylation is 2. The van der Waals surface area contributed by atoms with E-state index >= 15 is 0 Å². The van der Waals surface area contributed by atoms with Gasteiger partial charge in [0.25, 0.3) is 5.91 Å². The third-order valence-electron chi connectivity index (χ3n) is 5.18. The molecule has 4 nitrogen and oxygen atoms in total. The highest BCUT2D eigenvalue weighted by atomic mass is 16.2. The number of likely N-dealkylation sites (tertiary alicyclic amines) is 1. The van der Waals surface area contributed by atoms with E-state index in [9.17, 15) is 4.79 Å². The maximum Gasteiger partial charge on any atom is 0.253 e. The van der Waals surface area contributed by atoms with Crippen molar-refractivity contribution in [1.82, 2.24) is 14.7 Å². The van der Waals surface area contributed by atoms with Crippen LogP contribution in [0.3, 0.4) is 0 Å². The molecule has 1 aliphatic rings. The quantitative estimate of drug-likeness (QED) is 0.802. The summed E-state index contributed by atoms with van der Waals surface area (Å²) in [4.78, 5) is 19.5. The largest absolute Gasteiger partial charge is 0.337 e. The molecule has 0 N–H and O–H groups in total. The van der Waals surface area contributed by atoms with Crippen molar-refractivity contribution in [2.75, 3.05) is 47.3 Å². The highest BCUT2D eigenvalue weighted by molar-refractivity contribution is 5.94. The summed E-state index contributed by atoms with van der Waals surface area (Å²) >= 11 is 0. The lowest BCUT2D eigenvalue weighted by atomic mass is 10.0. The Kier molecular flexibility index (Phi) is 6.81. The van der Waals surface area contributed by atoms with Gasteiger partial charge in [0.1, 0.15) is 0 Å². The van der Waals surface area contributed by atoms with Crippen LogP contribution in [0, 0.1) is 13.8 Å². The fourth-order valence-corrected chi connectivity index (χ4v) is 3.37. The van der Waals surface area contributed by atoms with Crippen molar-refractivity contribution < 1.29 is 4.79 Å².